The molecule has 3 aromatic rings. The lowest BCUT2D eigenvalue weighted by Gasteiger charge is -2.13. The van der Waals surface area contributed by atoms with Crippen molar-refractivity contribution in [3.8, 4) is 11.5 Å². The zero-order valence-corrected chi connectivity index (χ0v) is 15.9. The number of nitrogens with zero attached hydrogens (tertiary/aromatic N) is 1. The third kappa shape index (κ3) is 3.33. The Morgan fingerprint density at radius 2 is 1.79 bits per heavy atom. The van der Waals surface area contributed by atoms with Crippen LogP contribution >= 0.6 is 0 Å². The highest BCUT2D eigenvalue weighted by molar-refractivity contribution is 6.06. The van der Waals surface area contributed by atoms with Gasteiger partial charge in [-0.15, -0.1) is 0 Å². The highest BCUT2D eigenvalue weighted by atomic mass is 16.5. The Hall–Kier alpha value is -3.28. The van der Waals surface area contributed by atoms with E-state index in [1.807, 2.05) is 36.4 Å². The van der Waals surface area contributed by atoms with E-state index in [-0.39, 0.29) is 17.5 Å². The highest BCUT2D eigenvalue weighted by Gasteiger charge is 2.26. The van der Waals surface area contributed by atoms with Crippen LogP contribution in [-0.4, -0.2) is 24.7 Å². The van der Waals surface area contributed by atoms with Crippen molar-refractivity contribution in [1.29, 1.82) is 0 Å². The largest absolute Gasteiger partial charge is 0.493 e. The summed E-state index contributed by atoms with van der Waals surface area (Å²) >= 11 is 0. The maximum atomic E-state index is 12.9. The Kier molecular flexibility index (Phi) is 4.77. The van der Waals surface area contributed by atoms with Crippen molar-refractivity contribution in [2.24, 2.45) is 0 Å². The number of nitrogens with one attached hydrogen (secondary N) is 1. The van der Waals surface area contributed by atoms with Crippen LogP contribution in [0.25, 0.3) is 10.8 Å². The normalized spacial score (nSPS) is 13.4. The summed E-state index contributed by atoms with van der Waals surface area (Å²) in [6, 6.07) is 13.0. The van der Waals surface area contributed by atoms with E-state index in [1.165, 1.54) is 0 Å². The Bertz CT molecular complexity index is 1100. The third-order valence-electron chi connectivity index (χ3n) is 5.04. The molecule has 0 bridgehead atoms. The van der Waals surface area contributed by atoms with Crippen molar-refractivity contribution in [2.75, 3.05) is 14.2 Å². The maximum absolute atomic E-state index is 12.9. The lowest BCUT2D eigenvalue weighted by molar-refractivity contribution is 0.0951. The lowest BCUT2D eigenvalue weighted by Crippen LogP contribution is -2.27. The average molecular weight is 378 g/mol. The van der Waals surface area contributed by atoms with Gasteiger partial charge in [0.25, 0.3) is 11.5 Å². The van der Waals surface area contributed by atoms with Crippen LogP contribution in [0.3, 0.4) is 0 Å². The monoisotopic (exact) mass is 378 g/mol. The average Bonchev–Trinajstić information content (AvgIpc) is 3.57. The molecule has 1 amide bonds. The molecular formula is C22H22N2O4. The fraction of sp³-hybridized carbons (Fsp3) is 0.273. The molecule has 0 saturated heterocycles. The second-order valence-corrected chi connectivity index (χ2v) is 6.90. The summed E-state index contributed by atoms with van der Waals surface area (Å²) in [6.07, 6.45) is 3.65. The number of carbonyl (C=O) groups excluding carboxylic acids is 1. The highest BCUT2D eigenvalue weighted by Crippen LogP contribution is 2.34. The first-order chi connectivity index (χ1) is 13.6. The summed E-state index contributed by atoms with van der Waals surface area (Å²) in [5.41, 5.74) is 1.38. The standard InChI is InChI=1S/C22H22N2O4/c1-27-19-10-7-14(11-20(19)28-2)12-23-21(25)18-13-24(15-8-9-15)22(26)17-6-4-3-5-16(17)18/h3-7,10-11,13,15H,8-9,12H2,1-2H3,(H,23,25). The SMILES string of the molecule is COc1ccc(CNC(=O)c2cn(C3CC3)c(=O)c3ccccc23)cc1OC. The van der Waals surface area contributed by atoms with Gasteiger partial charge in [-0.3, -0.25) is 9.59 Å². The summed E-state index contributed by atoms with van der Waals surface area (Å²) in [5, 5.41) is 4.20. The first kappa shape index (κ1) is 18.1. The number of benzene rings is 2. The second-order valence-electron chi connectivity index (χ2n) is 6.90. The first-order valence-electron chi connectivity index (χ1n) is 9.25. The molecule has 0 atom stereocenters. The van der Waals surface area contributed by atoms with E-state index < -0.39 is 0 Å². The molecule has 0 radical (unpaired) electrons. The second kappa shape index (κ2) is 7.38. The van der Waals surface area contributed by atoms with Crippen molar-refractivity contribution in [3.63, 3.8) is 0 Å². The molecule has 1 saturated carbocycles. The predicted octanol–water partition coefficient (Wildman–Crippen LogP) is 3.28. The number of hydrogen-bond donors (Lipinski definition) is 1. The molecule has 28 heavy (non-hydrogen) atoms. The number of aromatic nitrogens is 1. The molecule has 1 heterocycles. The van der Waals surface area contributed by atoms with Gasteiger partial charge in [-0.1, -0.05) is 24.3 Å². The van der Waals surface area contributed by atoms with Gasteiger partial charge in [0.2, 0.25) is 0 Å². The predicted molar refractivity (Wildman–Crippen MR) is 107 cm³/mol. The van der Waals surface area contributed by atoms with Gasteiger partial charge in [-0.2, -0.15) is 0 Å². The molecule has 2 aromatic carbocycles. The van der Waals surface area contributed by atoms with Crippen LogP contribution in [0.5, 0.6) is 11.5 Å². The number of rotatable bonds is 6. The van der Waals surface area contributed by atoms with Crippen LogP contribution in [-0.2, 0) is 6.54 Å². The van der Waals surface area contributed by atoms with Crippen molar-refractivity contribution in [1.82, 2.24) is 9.88 Å². The van der Waals surface area contributed by atoms with Crippen LogP contribution in [0.2, 0.25) is 0 Å². The Morgan fingerprint density at radius 1 is 1.07 bits per heavy atom. The summed E-state index contributed by atoms with van der Waals surface area (Å²) in [4.78, 5) is 25.6. The van der Waals surface area contributed by atoms with Gasteiger partial charge in [-0.25, -0.2) is 0 Å². The Labute approximate surface area is 162 Å². The van der Waals surface area contributed by atoms with Gasteiger partial charge in [0.1, 0.15) is 0 Å². The first-order valence-corrected chi connectivity index (χ1v) is 9.25. The molecule has 6 heteroatoms. The molecule has 0 unspecified atom stereocenters. The molecule has 0 spiro atoms. The summed E-state index contributed by atoms with van der Waals surface area (Å²) < 4.78 is 12.3. The Morgan fingerprint density at radius 3 is 2.46 bits per heavy atom. The molecule has 1 fully saturated rings. The van der Waals surface area contributed by atoms with Crippen LogP contribution < -0.4 is 20.3 Å². The van der Waals surface area contributed by atoms with E-state index in [1.54, 1.807) is 31.0 Å². The van der Waals surface area contributed by atoms with E-state index in [0.717, 1.165) is 18.4 Å². The van der Waals surface area contributed by atoms with Gasteiger partial charge in [-0.05, 0) is 36.6 Å². The minimum absolute atomic E-state index is 0.0328. The van der Waals surface area contributed by atoms with Crippen molar-refractivity contribution < 1.29 is 14.3 Å². The quantitative estimate of drug-likeness (QED) is 0.715. The van der Waals surface area contributed by atoms with Gasteiger partial charge in [0.05, 0.1) is 19.8 Å². The van der Waals surface area contributed by atoms with Gasteiger partial charge in [0.15, 0.2) is 11.5 Å². The van der Waals surface area contributed by atoms with E-state index >= 15 is 0 Å². The zero-order valence-electron chi connectivity index (χ0n) is 15.9. The van der Waals surface area contributed by atoms with Gasteiger partial charge < -0.3 is 19.4 Å². The topological polar surface area (TPSA) is 69.6 Å². The molecule has 1 aromatic heterocycles. The maximum Gasteiger partial charge on any atom is 0.258 e. The number of ether oxygens (including phenoxy) is 2. The van der Waals surface area contributed by atoms with Crippen LogP contribution in [0, 0.1) is 0 Å². The van der Waals surface area contributed by atoms with Crippen molar-refractivity contribution >= 4 is 16.7 Å². The van der Waals surface area contributed by atoms with Crippen molar-refractivity contribution in [3.05, 3.63) is 70.1 Å². The summed E-state index contributed by atoms with van der Waals surface area (Å²) in [6.45, 7) is 0.343. The molecule has 0 aliphatic heterocycles. The smallest absolute Gasteiger partial charge is 0.258 e. The molecule has 144 valence electrons. The minimum atomic E-state index is -0.208. The number of fused-ring (bicyclic) bond motifs is 1. The van der Waals surface area contributed by atoms with Gasteiger partial charge in [0, 0.05) is 29.6 Å². The number of amides is 1. The van der Waals surface area contributed by atoms with Crippen LogP contribution in [0.4, 0.5) is 0 Å². The van der Waals surface area contributed by atoms with Crippen molar-refractivity contribution in [2.45, 2.75) is 25.4 Å². The molecule has 4 rings (SSSR count). The molecule has 6 nitrogen and oxygen atoms in total. The number of methoxy groups -OCH3 is 2. The number of pyridine rings is 1. The van der Waals surface area contributed by atoms with E-state index in [0.29, 0.717) is 34.4 Å². The fourth-order valence-electron chi connectivity index (χ4n) is 3.38. The van der Waals surface area contributed by atoms with E-state index in [4.69, 9.17) is 9.47 Å². The lowest BCUT2D eigenvalue weighted by atomic mass is 10.1. The third-order valence-corrected chi connectivity index (χ3v) is 5.04. The zero-order chi connectivity index (χ0) is 19.7. The van der Waals surface area contributed by atoms with Crippen LogP contribution in [0.15, 0.2) is 53.5 Å². The van der Waals surface area contributed by atoms with E-state index in [9.17, 15) is 9.59 Å². The Balaban J connectivity index is 1.63. The van der Waals surface area contributed by atoms with Crippen LogP contribution in [0.1, 0.15) is 34.8 Å². The molecule has 1 aliphatic rings. The molecular weight excluding hydrogens is 356 g/mol. The number of carbonyl (C=O) groups is 1. The summed E-state index contributed by atoms with van der Waals surface area (Å²) in [7, 11) is 3.16. The number of hydrogen-bond acceptors (Lipinski definition) is 4. The summed E-state index contributed by atoms with van der Waals surface area (Å²) in [5.74, 6) is 1.04. The molecule has 1 N–H and O–H groups in total. The fourth-order valence-corrected chi connectivity index (χ4v) is 3.38. The van der Waals surface area contributed by atoms with Gasteiger partial charge >= 0.3 is 0 Å². The minimum Gasteiger partial charge on any atom is -0.493 e. The molecule has 1 aliphatic carbocycles. The van der Waals surface area contributed by atoms with E-state index in [2.05, 4.69) is 5.32 Å².